The summed E-state index contributed by atoms with van der Waals surface area (Å²) < 4.78 is 48.1. The number of esters is 1. The quantitative estimate of drug-likeness (QED) is 0.0700. The van der Waals surface area contributed by atoms with Crippen molar-refractivity contribution in [1.82, 2.24) is 0 Å². The first-order valence-corrected chi connectivity index (χ1v) is 13.0. The first-order chi connectivity index (χ1) is 18.6. The first-order valence-electron chi connectivity index (χ1n) is 13.0. The molecule has 11 heteroatoms. The van der Waals surface area contributed by atoms with Crippen LogP contribution >= 0.6 is 0 Å². The van der Waals surface area contributed by atoms with Crippen molar-refractivity contribution in [1.29, 1.82) is 0 Å². The van der Waals surface area contributed by atoms with Crippen molar-refractivity contribution >= 4 is 11.8 Å². The highest BCUT2D eigenvalue weighted by molar-refractivity contribution is 6.40. The largest absolute Gasteiger partial charge is 0.457 e. The lowest BCUT2D eigenvalue weighted by Crippen LogP contribution is -2.20. The summed E-state index contributed by atoms with van der Waals surface area (Å²) in [5.74, 6) is -1.56. The Morgan fingerprint density at radius 2 is 0.868 bits per heavy atom. The predicted molar refractivity (Wildman–Crippen MR) is 139 cm³/mol. The van der Waals surface area contributed by atoms with Crippen LogP contribution in [0, 0.1) is 0 Å². The van der Waals surface area contributed by atoms with Crippen LogP contribution in [0.15, 0.2) is 30.3 Å². The summed E-state index contributed by atoms with van der Waals surface area (Å²) in [4.78, 5) is 23.5. The molecule has 0 aromatic heterocycles. The summed E-state index contributed by atoms with van der Waals surface area (Å²) in [7, 11) is 0. The Kier molecular flexibility index (Phi) is 22.7. The Hall–Kier alpha value is -1.96. The monoisotopic (exact) mass is 544 g/mol. The van der Waals surface area contributed by atoms with E-state index in [1.807, 2.05) is 13.8 Å². The maximum atomic E-state index is 11.8. The number of ketones is 1. The van der Waals surface area contributed by atoms with E-state index in [9.17, 15) is 9.59 Å². The van der Waals surface area contributed by atoms with Crippen LogP contribution in [0.5, 0.6) is 0 Å². The molecule has 1 aromatic carbocycles. The van der Waals surface area contributed by atoms with E-state index in [-0.39, 0.29) is 19.3 Å². The van der Waals surface area contributed by atoms with Crippen molar-refractivity contribution in [3.8, 4) is 0 Å². The van der Waals surface area contributed by atoms with Crippen molar-refractivity contribution in [2.45, 2.75) is 20.0 Å². The minimum Gasteiger partial charge on any atom is -0.457 e. The van der Waals surface area contributed by atoms with E-state index >= 15 is 0 Å². The fraction of sp³-hybridized carbons (Fsp3) is 0.704. The van der Waals surface area contributed by atoms with Gasteiger partial charge in [-0.1, -0.05) is 30.3 Å². The van der Waals surface area contributed by atoms with E-state index in [1.165, 1.54) is 0 Å². The molecule has 0 saturated heterocycles. The lowest BCUT2D eigenvalue weighted by Gasteiger charge is -2.09. The molecule has 0 fully saturated rings. The Morgan fingerprint density at radius 1 is 0.526 bits per heavy atom. The Balaban J connectivity index is 1.71. The molecule has 1 aromatic rings. The molecular weight excluding hydrogens is 500 g/mol. The van der Waals surface area contributed by atoms with Crippen LogP contribution in [0.25, 0.3) is 0 Å². The highest BCUT2D eigenvalue weighted by Gasteiger charge is 2.17. The minimum absolute atomic E-state index is 0.00401. The average Bonchev–Trinajstić information content (AvgIpc) is 2.92. The van der Waals surface area contributed by atoms with Crippen LogP contribution in [0.1, 0.15) is 24.2 Å². The van der Waals surface area contributed by atoms with Crippen LogP contribution in [-0.2, 0) is 47.4 Å². The molecule has 0 aliphatic rings. The molecular formula is C27H44O11. The third-order valence-electron chi connectivity index (χ3n) is 4.59. The summed E-state index contributed by atoms with van der Waals surface area (Å²) >= 11 is 0. The maximum Gasteiger partial charge on any atom is 0.379 e. The Labute approximate surface area is 225 Å². The highest BCUT2D eigenvalue weighted by atomic mass is 16.6. The summed E-state index contributed by atoms with van der Waals surface area (Å²) in [5.41, 5.74) is 0.299. The van der Waals surface area contributed by atoms with Gasteiger partial charge in [0, 0.05) is 5.56 Å². The van der Waals surface area contributed by atoms with Gasteiger partial charge in [-0.25, -0.2) is 4.79 Å². The van der Waals surface area contributed by atoms with Gasteiger partial charge in [0.2, 0.25) is 0 Å². The number of ether oxygens (including phenoxy) is 9. The van der Waals surface area contributed by atoms with Gasteiger partial charge >= 0.3 is 5.97 Å². The summed E-state index contributed by atoms with van der Waals surface area (Å²) in [6.45, 7) is 11.0. The number of benzene rings is 1. The van der Waals surface area contributed by atoms with E-state index < -0.39 is 11.8 Å². The molecule has 0 radical (unpaired) electrons. The van der Waals surface area contributed by atoms with Crippen LogP contribution in [0.4, 0.5) is 0 Å². The van der Waals surface area contributed by atoms with E-state index in [0.717, 1.165) is 0 Å². The molecule has 11 nitrogen and oxygen atoms in total. The molecule has 0 saturated carbocycles. The number of carbonyl (C=O) groups is 2. The Morgan fingerprint density at radius 3 is 1.24 bits per heavy atom. The third-order valence-corrected chi connectivity index (χ3v) is 4.59. The standard InChI is InChI=1S/C27H44O11/c1-24(2)37-22-20-35-18-16-33-14-12-31-10-8-30-9-11-32-13-15-34-17-19-36-21-23-38-27(29)26(28)25-6-4-3-5-7-25/h3-7,24H,8-23H2,1-2H3. The normalized spacial score (nSPS) is 11.2. The Bertz CT molecular complexity index is 685. The highest BCUT2D eigenvalue weighted by Crippen LogP contribution is 2.01. The molecule has 1 rings (SSSR count). The third kappa shape index (κ3) is 21.0. The molecule has 0 heterocycles. The smallest absolute Gasteiger partial charge is 0.379 e. The molecule has 0 aliphatic carbocycles. The number of carbonyl (C=O) groups excluding carboxylic acids is 2. The molecule has 0 atom stereocenters. The molecule has 0 spiro atoms. The molecule has 0 N–H and O–H groups in total. The molecule has 0 bridgehead atoms. The van der Waals surface area contributed by atoms with Crippen molar-refractivity contribution < 1.29 is 52.2 Å². The zero-order chi connectivity index (χ0) is 27.5. The van der Waals surface area contributed by atoms with E-state index in [2.05, 4.69) is 0 Å². The topological polar surface area (TPSA) is 117 Å². The predicted octanol–water partition coefficient (Wildman–Crippen LogP) is 1.95. The fourth-order valence-electron chi connectivity index (χ4n) is 2.73. The number of hydrogen-bond donors (Lipinski definition) is 0. The lowest BCUT2D eigenvalue weighted by molar-refractivity contribution is -0.139. The maximum absolute atomic E-state index is 11.8. The second-order valence-electron chi connectivity index (χ2n) is 8.04. The number of hydrogen-bond acceptors (Lipinski definition) is 11. The van der Waals surface area contributed by atoms with Crippen molar-refractivity contribution in [2.75, 3.05) is 106 Å². The molecule has 218 valence electrons. The van der Waals surface area contributed by atoms with Crippen LogP contribution in [0.2, 0.25) is 0 Å². The van der Waals surface area contributed by atoms with Gasteiger partial charge in [-0.05, 0) is 13.8 Å². The molecule has 38 heavy (non-hydrogen) atoms. The van der Waals surface area contributed by atoms with E-state index in [4.69, 9.17) is 42.6 Å². The van der Waals surface area contributed by atoms with Crippen LogP contribution < -0.4 is 0 Å². The number of Topliss-reactive ketones (excluding diaryl/α,β-unsaturated/α-hetero) is 1. The van der Waals surface area contributed by atoms with E-state index in [1.54, 1.807) is 30.3 Å². The van der Waals surface area contributed by atoms with Gasteiger partial charge < -0.3 is 42.6 Å². The minimum atomic E-state index is -0.893. The van der Waals surface area contributed by atoms with Crippen LogP contribution in [-0.4, -0.2) is 124 Å². The van der Waals surface area contributed by atoms with Gasteiger partial charge in [-0.3, -0.25) is 4.79 Å². The molecule has 0 aliphatic heterocycles. The second-order valence-corrected chi connectivity index (χ2v) is 8.04. The van der Waals surface area contributed by atoms with Crippen molar-refractivity contribution in [2.24, 2.45) is 0 Å². The van der Waals surface area contributed by atoms with Gasteiger partial charge in [-0.15, -0.1) is 0 Å². The molecule has 0 amide bonds. The van der Waals surface area contributed by atoms with Crippen molar-refractivity contribution in [3.63, 3.8) is 0 Å². The van der Waals surface area contributed by atoms with Gasteiger partial charge in [0.25, 0.3) is 5.78 Å². The summed E-state index contributed by atoms with van der Waals surface area (Å²) in [5, 5.41) is 0. The summed E-state index contributed by atoms with van der Waals surface area (Å²) in [6.07, 6.45) is 0.223. The number of rotatable bonds is 27. The van der Waals surface area contributed by atoms with Crippen molar-refractivity contribution in [3.05, 3.63) is 35.9 Å². The SMILES string of the molecule is CC(C)OCCOCCOCCOCCOCCOCCOCCOCCOC(=O)C(=O)c1ccccc1. The van der Waals surface area contributed by atoms with E-state index in [0.29, 0.717) is 98.1 Å². The average molecular weight is 545 g/mol. The fourth-order valence-corrected chi connectivity index (χ4v) is 2.73. The zero-order valence-electron chi connectivity index (χ0n) is 22.8. The zero-order valence-corrected chi connectivity index (χ0v) is 22.8. The molecule has 0 unspecified atom stereocenters. The summed E-state index contributed by atoms with van der Waals surface area (Å²) in [6, 6.07) is 8.26. The van der Waals surface area contributed by atoms with Gasteiger partial charge in [-0.2, -0.15) is 0 Å². The van der Waals surface area contributed by atoms with Crippen LogP contribution in [0.3, 0.4) is 0 Å². The second kappa shape index (κ2) is 25.3. The van der Waals surface area contributed by atoms with Gasteiger partial charge in [0.1, 0.15) is 6.61 Å². The lowest BCUT2D eigenvalue weighted by atomic mass is 10.1. The van der Waals surface area contributed by atoms with Gasteiger partial charge in [0.05, 0.1) is 105 Å². The first kappa shape index (κ1) is 34.1. The van der Waals surface area contributed by atoms with Gasteiger partial charge in [0.15, 0.2) is 0 Å².